The Morgan fingerprint density at radius 2 is 2.35 bits per heavy atom. The van der Waals surface area contributed by atoms with E-state index in [2.05, 4.69) is 9.88 Å². The molecule has 92 valence electrons. The topological polar surface area (TPSA) is 62.4 Å². The minimum atomic E-state index is -0.114. The molecule has 1 heterocycles. The zero-order chi connectivity index (χ0) is 12.4. The van der Waals surface area contributed by atoms with E-state index >= 15 is 0 Å². The quantitative estimate of drug-likeness (QED) is 0.779. The van der Waals surface area contributed by atoms with Crippen LogP contribution in [0.1, 0.15) is 18.5 Å². The molecule has 1 saturated carbocycles. The van der Waals surface area contributed by atoms with Gasteiger partial charge in [0.15, 0.2) is 0 Å². The van der Waals surface area contributed by atoms with Crippen LogP contribution < -0.4 is 10.6 Å². The van der Waals surface area contributed by atoms with E-state index in [4.69, 9.17) is 18.0 Å². The number of hydrogen-bond donors (Lipinski definition) is 2. The number of nitrogens with two attached hydrogens (primary N) is 1. The summed E-state index contributed by atoms with van der Waals surface area (Å²) in [5.41, 5.74) is 7.28. The Morgan fingerprint density at radius 1 is 1.65 bits per heavy atom. The number of aliphatic hydroxyl groups excluding tert-OH is 1. The molecule has 5 heteroatoms. The van der Waals surface area contributed by atoms with Gasteiger partial charge in [-0.15, -0.1) is 0 Å². The van der Waals surface area contributed by atoms with Crippen LogP contribution in [0.5, 0.6) is 0 Å². The molecule has 0 aromatic carbocycles. The molecule has 0 unspecified atom stereocenters. The summed E-state index contributed by atoms with van der Waals surface area (Å²) in [4.78, 5) is 6.64. The van der Waals surface area contributed by atoms with E-state index in [0.29, 0.717) is 16.6 Å². The molecule has 0 atom stereocenters. The normalized spacial score (nSPS) is 22.9. The molecule has 0 spiro atoms. The Kier molecular flexibility index (Phi) is 3.59. The number of hydrogen-bond acceptors (Lipinski definition) is 4. The summed E-state index contributed by atoms with van der Waals surface area (Å²) in [5.74, 6) is 0.550. The first-order chi connectivity index (χ1) is 8.08. The second kappa shape index (κ2) is 4.98. The van der Waals surface area contributed by atoms with Gasteiger partial charge in [0.05, 0.1) is 11.8 Å². The fraction of sp³-hybridized carbons (Fsp3) is 0.500. The summed E-state index contributed by atoms with van der Waals surface area (Å²) in [7, 11) is 2.00. The Balaban J connectivity index is 2.08. The lowest BCUT2D eigenvalue weighted by Crippen LogP contribution is -2.37. The predicted molar refractivity (Wildman–Crippen MR) is 72.1 cm³/mol. The molecule has 2 rings (SSSR count). The fourth-order valence-electron chi connectivity index (χ4n) is 2.23. The lowest BCUT2D eigenvalue weighted by Gasteiger charge is -2.35. The van der Waals surface area contributed by atoms with Crippen LogP contribution in [0, 0.1) is 5.92 Å². The third-order valence-electron chi connectivity index (χ3n) is 3.17. The minimum absolute atomic E-state index is 0.114. The predicted octanol–water partition coefficient (Wildman–Crippen LogP) is 0.923. The van der Waals surface area contributed by atoms with E-state index < -0.39 is 0 Å². The molecule has 1 aliphatic carbocycles. The number of rotatable bonds is 4. The highest BCUT2D eigenvalue weighted by Gasteiger charge is 2.28. The molecule has 4 nitrogen and oxygen atoms in total. The van der Waals surface area contributed by atoms with E-state index in [1.54, 1.807) is 6.20 Å². The molecule has 0 aliphatic heterocycles. The van der Waals surface area contributed by atoms with Crippen molar-refractivity contribution < 1.29 is 5.11 Å². The molecule has 1 aromatic rings. The maximum atomic E-state index is 9.27. The molecule has 1 aromatic heterocycles. The molecule has 0 bridgehead atoms. The largest absolute Gasteiger partial charge is 0.393 e. The van der Waals surface area contributed by atoms with E-state index in [9.17, 15) is 5.11 Å². The Morgan fingerprint density at radius 3 is 2.94 bits per heavy atom. The number of thiocarbonyl (C=S) groups is 1. The van der Waals surface area contributed by atoms with Crippen molar-refractivity contribution in [3.63, 3.8) is 0 Å². The summed E-state index contributed by atoms with van der Waals surface area (Å²) in [5, 5.41) is 9.27. The van der Waals surface area contributed by atoms with E-state index in [1.165, 1.54) is 0 Å². The highest BCUT2D eigenvalue weighted by molar-refractivity contribution is 7.80. The van der Waals surface area contributed by atoms with Crippen molar-refractivity contribution in [3.05, 3.63) is 24.0 Å². The van der Waals surface area contributed by atoms with Gasteiger partial charge in [-0.3, -0.25) is 4.98 Å². The van der Waals surface area contributed by atoms with Crippen LogP contribution in [0.15, 0.2) is 18.3 Å². The van der Waals surface area contributed by atoms with Crippen molar-refractivity contribution in [1.82, 2.24) is 4.98 Å². The van der Waals surface area contributed by atoms with Gasteiger partial charge >= 0.3 is 0 Å². The SMILES string of the molecule is CN(CC1CC(O)C1)c1cccnc1C(N)=S. The maximum absolute atomic E-state index is 9.27. The second-order valence-electron chi connectivity index (χ2n) is 4.61. The molecule has 17 heavy (non-hydrogen) atoms. The maximum Gasteiger partial charge on any atom is 0.124 e. The molecule has 1 fully saturated rings. The summed E-state index contributed by atoms with van der Waals surface area (Å²) >= 11 is 4.99. The number of nitrogens with zero attached hydrogens (tertiary/aromatic N) is 2. The van der Waals surface area contributed by atoms with Crippen molar-refractivity contribution in [2.24, 2.45) is 11.7 Å². The minimum Gasteiger partial charge on any atom is -0.393 e. The zero-order valence-corrected chi connectivity index (χ0v) is 10.7. The van der Waals surface area contributed by atoms with Crippen LogP contribution in [-0.4, -0.2) is 34.8 Å². The van der Waals surface area contributed by atoms with E-state index in [0.717, 1.165) is 25.1 Å². The van der Waals surface area contributed by atoms with Crippen molar-refractivity contribution in [3.8, 4) is 0 Å². The first-order valence-corrected chi connectivity index (χ1v) is 6.12. The number of aromatic nitrogens is 1. The van der Waals surface area contributed by atoms with Crippen LogP contribution in [0.2, 0.25) is 0 Å². The smallest absolute Gasteiger partial charge is 0.124 e. The standard InChI is InChI=1S/C12H17N3OS/c1-15(7-8-5-9(16)6-8)10-3-2-4-14-11(10)12(13)17/h2-4,8-9,16H,5-7H2,1H3,(H2,13,17). The monoisotopic (exact) mass is 251 g/mol. The Hall–Kier alpha value is -1.20. The van der Waals surface area contributed by atoms with E-state index in [1.807, 2.05) is 19.2 Å². The van der Waals surface area contributed by atoms with Gasteiger partial charge in [0.25, 0.3) is 0 Å². The second-order valence-corrected chi connectivity index (χ2v) is 5.05. The van der Waals surface area contributed by atoms with Gasteiger partial charge < -0.3 is 15.7 Å². The van der Waals surface area contributed by atoms with Crippen molar-refractivity contribution >= 4 is 22.9 Å². The highest BCUT2D eigenvalue weighted by atomic mass is 32.1. The molecule has 0 amide bonds. The lowest BCUT2D eigenvalue weighted by molar-refractivity contribution is 0.0465. The average molecular weight is 251 g/mol. The molecular formula is C12H17N3OS. The number of pyridine rings is 1. The van der Waals surface area contributed by atoms with Gasteiger partial charge in [-0.2, -0.15) is 0 Å². The van der Waals surface area contributed by atoms with Crippen LogP contribution in [-0.2, 0) is 0 Å². The summed E-state index contributed by atoms with van der Waals surface area (Å²) in [6, 6.07) is 3.85. The van der Waals surface area contributed by atoms with Gasteiger partial charge in [-0.05, 0) is 30.9 Å². The Labute approximate surface area is 106 Å². The van der Waals surface area contributed by atoms with Gasteiger partial charge in [-0.1, -0.05) is 12.2 Å². The zero-order valence-electron chi connectivity index (χ0n) is 9.84. The molecule has 3 N–H and O–H groups in total. The van der Waals surface area contributed by atoms with Crippen molar-refractivity contribution in [2.75, 3.05) is 18.5 Å². The molecule has 0 radical (unpaired) electrons. The summed E-state index contributed by atoms with van der Waals surface area (Å²) in [6.45, 7) is 0.901. The van der Waals surface area contributed by atoms with Gasteiger partial charge in [0.1, 0.15) is 10.7 Å². The number of anilines is 1. The van der Waals surface area contributed by atoms with Crippen LogP contribution in [0.4, 0.5) is 5.69 Å². The van der Waals surface area contributed by atoms with Crippen molar-refractivity contribution in [1.29, 1.82) is 0 Å². The summed E-state index contributed by atoms with van der Waals surface area (Å²) < 4.78 is 0. The van der Waals surface area contributed by atoms with Crippen LogP contribution in [0.25, 0.3) is 0 Å². The molecular weight excluding hydrogens is 234 g/mol. The fourth-order valence-corrected chi connectivity index (χ4v) is 2.39. The third kappa shape index (κ3) is 2.73. The van der Waals surface area contributed by atoms with Crippen LogP contribution >= 0.6 is 12.2 Å². The summed E-state index contributed by atoms with van der Waals surface area (Å²) in [6.07, 6.45) is 3.34. The average Bonchev–Trinajstić information content (AvgIpc) is 2.27. The van der Waals surface area contributed by atoms with Gasteiger partial charge in [0, 0.05) is 19.8 Å². The molecule has 0 saturated heterocycles. The third-order valence-corrected chi connectivity index (χ3v) is 3.37. The lowest BCUT2D eigenvalue weighted by atomic mass is 9.82. The van der Waals surface area contributed by atoms with Crippen LogP contribution in [0.3, 0.4) is 0 Å². The molecule has 1 aliphatic rings. The first-order valence-electron chi connectivity index (χ1n) is 5.72. The van der Waals surface area contributed by atoms with Crippen molar-refractivity contribution in [2.45, 2.75) is 18.9 Å². The van der Waals surface area contributed by atoms with Gasteiger partial charge in [-0.25, -0.2) is 0 Å². The Bertz CT molecular complexity index is 418. The number of aliphatic hydroxyl groups is 1. The highest BCUT2D eigenvalue weighted by Crippen LogP contribution is 2.29. The van der Waals surface area contributed by atoms with E-state index in [-0.39, 0.29) is 6.10 Å². The van der Waals surface area contributed by atoms with Gasteiger partial charge in [0.2, 0.25) is 0 Å². The first kappa shape index (κ1) is 12.3.